The highest BCUT2D eigenvalue weighted by Gasteiger charge is 2.31. The second-order valence-electron chi connectivity index (χ2n) is 5.53. The molecule has 0 aromatic carbocycles. The van der Waals surface area contributed by atoms with Gasteiger partial charge in [0.2, 0.25) is 5.91 Å². The molecule has 2 rings (SSSR count). The van der Waals surface area contributed by atoms with Crippen molar-refractivity contribution < 1.29 is 9.90 Å². The van der Waals surface area contributed by atoms with E-state index in [1.807, 2.05) is 6.20 Å². The molecule has 2 atom stereocenters. The van der Waals surface area contributed by atoms with Crippen LogP contribution >= 0.6 is 0 Å². The van der Waals surface area contributed by atoms with Crippen LogP contribution in [-0.2, 0) is 17.8 Å². The van der Waals surface area contributed by atoms with Crippen molar-refractivity contribution in [3.63, 3.8) is 0 Å². The van der Waals surface area contributed by atoms with Crippen LogP contribution in [-0.4, -0.2) is 51.1 Å². The van der Waals surface area contributed by atoms with Crippen molar-refractivity contribution in [1.82, 2.24) is 20.2 Å². The first-order valence-electron chi connectivity index (χ1n) is 7.28. The number of nitrogens with one attached hydrogen (secondary N) is 2. The van der Waals surface area contributed by atoms with Gasteiger partial charge in [0.15, 0.2) is 0 Å². The summed E-state index contributed by atoms with van der Waals surface area (Å²) >= 11 is 0. The number of nitrogens with zero attached hydrogens (tertiary/aromatic N) is 2. The van der Waals surface area contributed by atoms with Crippen LogP contribution in [0, 0.1) is 0 Å². The van der Waals surface area contributed by atoms with E-state index in [1.165, 1.54) is 6.92 Å². The zero-order chi connectivity index (χ0) is 14.5. The first-order chi connectivity index (χ1) is 9.58. The molecule has 1 aliphatic rings. The number of hydrogen-bond donors (Lipinski definition) is 3. The lowest BCUT2D eigenvalue weighted by molar-refractivity contribution is -0.120. The second kappa shape index (κ2) is 6.85. The fraction of sp³-hybridized carbons (Fsp3) is 0.714. The third-order valence-electron chi connectivity index (χ3n) is 3.60. The smallest absolute Gasteiger partial charge is 0.217 e. The maximum absolute atomic E-state index is 11.1. The Morgan fingerprint density at radius 2 is 2.40 bits per heavy atom. The van der Waals surface area contributed by atoms with Gasteiger partial charge in [-0.3, -0.25) is 9.69 Å². The summed E-state index contributed by atoms with van der Waals surface area (Å²) in [4.78, 5) is 20.9. The highest BCUT2D eigenvalue weighted by molar-refractivity contribution is 5.73. The Labute approximate surface area is 119 Å². The number of carbonyl (C=O) groups is 1. The molecule has 0 saturated carbocycles. The van der Waals surface area contributed by atoms with Crippen LogP contribution in [0.3, 0.4) is 0 Å². The number of β-amino-alcohol motifs (C(OH)–C–C–N with tert-alkyl or cyclic N) is 1. The quantitative estimate of drug-likeness (QED) is 0.706. The van der Waals surface area contributed by atoms with Crippen molar-refractivity contribution in [2.24, 2.45) is 0 Å². The minimum atomic E-state index is -0.499. The van der Waals surface area contributed by atoms with Crippen LogP contribution in [0.5, 0.6) is 0 Å². The number of aromatic amines is 1. The number of unbranched alkanes of at least 4 members (excludes halogenated alkanes) is 1. The lowest BCUT2D eigenvalue weighted by atomic mass is 10.2. The molecule has 1 aromatic heterocycles. The van der Waals surface area contributed by atoms with Gasteiger partial charge in [0.25, 0.3) is 0 Å². The van der Waals surface area contributed by atoms with E-state index in [2.05, 4.69) is 27.1 Å². The van der Waals surface area contributed by atoms with Gasteiger partial charge in [0.05, 0.1) is 12.1 Å². The number of hydrogen-bond acceptors (Lipinski definition) is 4. The largest absolute Gasteiger partial charge is 0.390 e. The molecule has 0 bridgehead atoms. The molecule has 0 spiro atoms. The molecule has 20 heavy (non-hydrogen) atoms. The van der Waals surface area contributed by atoms with Gasteiger partial charge in [0.1, 0.15) is 5.82 Å². The third kappa shape index (κ3) is 4.05. The van der Waals surface area contributed by atoms with Crippen LogP contribution in [0.2, 0.25) is 0 Å². The maximum Gasteiger partial charge on any atom is 0.217 e. The highest BCUT2D eigenvalue weighted by Crippen LogP contribution is 2.14. The molecule has 6 nitrogen and oxygen atoms in total. The second-order valence-corrected chi connectivity index (χ2v) is 5.53. The molecular weight excluding hydrogens is 256 g/mol. The van der Waals surface area contributed by atoms with Crippen LogP contribution < -0.4 is 5.32 Å². The summed E-state index contributed by atoms with van der Waals surface area (Å²) in [5.74, 6) is 0.930. The van der Waals surface area contributed by atoms with Gasteiger partial charge in [-0.25, -0.2) is 4.98 Å². The molecule has 1 fully saturated rings. The van der Waals surface area contributed by atoms with E-state index in [-0.39, 0.29) is 11.9 Å². The lowest BCUT2D eigenvalue weighted by Crippen LogP contribution is -2.41. The predicted molar refractivity (Wildman–Crippen MR) is 76.1 cm³/mol. The Morgan fingerprint density at radius 1 is 1.60 bits per heavy atom. The first kappa shape index (κ1) is 15.0. The summed E-state index contributed by atoms with van der Waals surface area (Å²) in [6.45, 7) is 5.62. The van der Waals surface area contributed by atoms with Crippen LogP contribution in [0.25, 0.3) is 0 Å². The summed E-state index contributed by atoms with van der Waals surface area (Å²) in [6, 6.07) is -0.171. The Bertz CT molecular complexity index is 446. The standard InChI is InChI=1S/C14H24N4O2/c1-3-4-5-14-15-6-11(17-14)7-18-8-12(13(20)9-18)16-10(2)19/h6,12-13,20H,3-5,7-9H2,1-2H3,(H,15,17)(H,16,19)/t12-,13-/m1/s1. The Hall–Kier alpha value is -1.40. The number of amides is 1. The van der Waals surface area contributed by atoms with Crippen molar-refractivity contribution in [3.8, 4) is 0 Å². The summed E-state index contributed by atoms with van der Waals surface area (Å²) in [6.07, 6.45) is 4.64. The molecule has 0 radical (unpaired) electrons. The Balaban J connectivity index is 1.84. The molecule has 1 aliphatic heterocycles. The van der Waals surface area contributed by atoms with E-state index in [1.54, 1.807) is 0 Å². The van der Waals surface area contributed by atoms with E-state index in [4.69, 9.17) is 0 Å². The van der Waals surface area contributed by atoms with Gasteiger partial charge >= 0.3 is 0 Å². The zero-order valence-corrected chi connectivity index (χ0v) is 12.2. The molecule has 1 saturated heterocycles. The van der Waals surface area contributed by atoms with Crippen LogP contribution in [0.1, 0.15) is 38.2 Å². The SMILES string of the molecule is CCCCc1ncc(CN2C[C@@H](O)[C@H](NC(C)=O)C2)[nH]1. The van der Waals surface area contributed by atoms with Crippen molar-refractivity contribution >= 4 is 5.91 Å². The summed E-state index contributed by atoms with van der Waals surface area (Å²) in [5, 5.41) is 12.7. The molecule has 1 amide bonds. The van der Waals surface area contributed by atoms with Gasteiger partial charge in [-0.15, -0.1) is 0 Å². The number of aliphatic hydroxyl groups is 1. The Morgan fingerprint density at radius 3 is 3.10 bits per heavy atom. The minimum absolute atomic E-state index is 0.0979. The fourth-order valence-corrected chi connectivity index (χ4v) is 2.60. The van der Waals surface area contributed by atoms with Gasteiger partial charge in [0, 0.05) is 44.9 Å². The number of rotatable bonds is 6. The van der Waals surface area contributed by atoms with E-state index in [0.29, 0.717) is 13.1 Å². The van der Waals surface area contributed by atoms with Gasteiger partial charge in [-0.1, -0.05) is 13.3 Å². The third-order valence-corrected chi connectivity index (χ3v) is 3.60. The van der Waals surface area contributed by atoms with E-state index >= 15 is 0 Å². The van der Waals surface area contributed by atoms with E-state index in [0.717, 1.165) is 37.3 Å². The normalized spacial score (nSPS) is 23.1. The molecule has 6 heteroatoms. The van der Waals surface area contributed by atoms with Crippen LogP contribution in [0.15, 0.2) is 6.20 Å². The van der Waals surface area contributed by atoms with Gasteiger partial charge in [-0.05, 0) is 6.42 Å². The van der Waals surface area contributed by atoms with Crippen molar-refractivity contribution in [2.75, 3.05) is 13.1 Å². The number of aromatic nitrogens is 2. The monoisotopic (exact) mass is 280 g/mol. The first-order valence-corrected chi connectivity index (χ1v) is 7.28. The predicted octanol–water partition coefficient (Wildman–Crippen LogP) is 0.434. The van der Waals surface area contributed by atoms with Gasteiger partial charge in [-0.2, -0.15) is 0 Å². The zero-order valence-electron chi connectivity index (χ0n) is 12.2. The minimum Gasteiger partial charge on any atom is -0.390 e. The average molecular weight is 280 g/mol. The summed E-state index contributed by atoms with van der Waals surface area (Å²) < 4.78 is 0. The number of aliphatic hydroxyl groups excluding tert-OH is 1. The number of H-pyrrole nitrogens is 1. The van der Waals surface area contributed by atoms with E-state index in [9.17, 15) is 9.90 Å². The van der Waals surface area contributed by atoms with Gasteiger partial charge < -0.3 is 15.4 Å². The van der Waals surface area contributed by atoms with E-state index < -0.39 is 6.10 Å². The van der Waals surface area contributed by atoms with Crippen molar-refractivity contribution in [3.05, 3.63) is 17.7 Å². The highest BCUT2D eigenvalue weighted by atomic mass is 16.3. The summed E-state index contributed by atoms with van der Waals surface area (Å²) in [5.41, 5.74) is 1.06. The molecular formula is C14H24N4O2. The Kier molecular flexibility index (Phi) is 5.14. The number of aryl methyl sites for hydroxylation is 1. The van der Waals surface area contributed by atoms with Crippen LogP contribution in [0.4, 0.5) is 0 Å². The lowest BCUT2D eigenvalue weighted by Gasteiger charge is -2.15. The number of imidazole rings is 1. The average Bonchev–Trinajstić information content (AvgIpc) is 2.95. The topological polar surface area (TPSA) is 81.2 Å². The fourth-order valence-electron chi connectivity index (χ4n) is 2.60. The van der Waals surface area contributed by atoms with Crippen molar-refractivity contribution in [2.45, 2.75) is 51.8 Å². The van der Waals surface area contributed by atoms with Crippen molar-refractivity contribution in [1.29, 1.82) is 0 Å². The molecule has 2 heterocycles. The molecule has 0 unspecified atom stereocenters. The molecule has 0 aliphatic carbocycles. The molecule has 112 valence electrons. The molecule has 1 aromatic rings. The number of likely N-dealkylation sites (tertiary alicyclic amines) is 1. The number of carbonyl (C=O) groups excluding carboxylic acids is 1. The maximum atomic E-state index is 11.1. The molecule has 3 N–H and O–H groups in total. The summed E-state index contributed by atoms with van der Waals surface area (Å²) in [7, 11) is 0.